The first-order valence-corrected chi connectivity index (χ1v) is 10.0. The Morgan fingerprint density at radius 3 is 2.56 bits per heavy atom. The Bertz CT molecular complexity index is 967. The second-order valence-electron chi connectivity index (χ2n) is 6.44. The third-order valence-electron chi connectivity index (χ3n) is 4.18. The Hall–Kier alpha value is -2.25. The highest BCUT2D eigenvalue weighted by Gasteiger charge is 2.36. The summed E-state index contributed by atoms with van der Waals surface area (Å²) in [5.74, 6) is -0.618. The number of rotatable bonds is 4. The Balaban J connectivity index is 2.23. The maximum Gasteiger partial charge on any atom is 0.337 e. The number of aromatic amines is 1. The monoisotopic (exact) mass is 405 g/mol. The molecule has 0 unspecified atom stereocenters. The summed E-state index contributed by atoms with van der Waals surface area (Å²) in [6.07, 6.45) is 1.55. The molecule has 1 aliphatic rings. The first kappa shape index (κ1) is 19.5. The summed E-state index contributed by atoms with van der Waals surface area (Å²) in [4.78, 5) is 32.9. The zero-order valence-electron chi connectivity index (χ0n) is 15.4. The van der Waals surface area contributed by atoms with Crippen molar-refractivity contribution in [2.45, 2.75) is 37.9 Å². The lowest BCUT2D eigenvalue weighted by Gasteiger charge is -2.29. The first-order chi connectivity index (χ1) is 12.8. The van der Waals surface area contributed by atoms with Crippen LogP contribution < -0.4 is 10.9 Å². The highest BCUT2D eigenvalue weighted by Crippen LogP contribution is 2.40. The van der Waals surface area contributed by atoms with Gasteiger partial charge in [-0.05, 0) is 44.7 Å². The number of fused-ring (bicyclic) bond motifs is 1. The fourth-order valence-electron chi connectivity index (χ4n) is 3.06. The number of hydrogen-bond acceptors (Lipinski definition) is 6. The number of carbonyl (C=O) groups is 1. The van der Waals surface area contributed by atoms with Gasteiger partial charge in [0.15, 0.2) is 5.16 Å². The quantitative estimate of drug-likeness (QED) is 0.455. The third-order valence-corrected chi connectivity index (χ3v) is 5.01. The van der Waals surface area contributed by atoms with E-state index in [9.17, 15) is 9.59 Å². The van der Waals surface area contributed by atoms with Crippen molar-refractivity contribution in [3.8, 4) is 0 Å². The van der Waals surface area contributed by atoms with Crippen molar-refractivity contribution in [2.75, 3.05) is 11.6 Å². The topological polar surface area (TPSA) is 84.1 Å². The number of anilines is 1. The molecule has 8 heteroatoms. The highest BCUT2D eigenvalue weighted by molar-refractivity contribution is 7.98. The Kier molecular flexibility index (Phi) is 5.62. The largest absolute Gasteiger partial charge is 0.460 e. The number of ether oxygens (including phenoxy) is 1. The molecule has 1 aromatic heterocycles. The zero-order valence-corrected chi connectivity index (χ0v) is 17.0. The lowest BCUT2D eigenvalue weighted by Crippen LogP contribution is -2.31. The predicted molar refractivity (Wildman–Crippen MR) is 107 cm³/mol. The summed E-state index contributed by atoms with van der Waals surface area (Å²) >= 11 is 7.36. The van der Waals surface area contributed by atoms with Gasteiger partial charge >= 0.3 is 5.97 Å². The number of allylic oxidation sites excluding steroid dienone is 1. The first-order valence-electron chi connectivity index (χ1n) is 8.44. The van der Waals surface area contributed by atoms with Crippen LogP contribution in [0.2, 0.25) is 5.02 Å². The number of hydrogen-bond donors (Lipinski definition) is 2. The summed E-state index contributed by atoms with van der Waals surface area (Å²) in [6, 6.07) is 7.08. The van der Waals surface area contributed by atoms with Crippen LogP contribution in [0.25, 0.3) is 0 Å². The van der Waals surface area contributed by atoms with Crippen LogP contribution in [0.4, 0.5) is 5.82 Å². The molecule has 1 aliphatic heterocycles. The number of aromatic nitrogens is 2. The van der Waals surface area contributed by atoms with Gasteiger partial charge < -0.3 is 15.0 Å². The molecule has 2 heterocycles. The van der Waals surface area contributed by atoms with Gasteiger partial charge in [0, 0.05) is 10.7 Å². The lowest BCUT2D eigenvalue weighted by atomic mass is 9.82. The van der Waals surface area contributed by atoms with Crippen LogP contribution in [0.1, 0.15) is 37.8 Å². The van der Waals surface area contributed by atoms with Crippen LogP contribution in [0, 0.1) is 0 Å². The highest BCUT2D eigenvalue weighted by atomic mass is 35.5. The van der Waals surface area contributed by atoms with Gasteiger partial charge in [0.1, 0.15) is 5.82 Å². The molecule has 2 aromatic rings. The Morgan fingerprint density at radius 1 is 1.30 bits per heavy atom. The summed E-state index contributed by atoms with van der Waals surface area (Å²) < 4.78 is 5.44. The summed E-state index contributed by atoms with van der Waals surface area (Å²) in [5.41, 5.74) is 1.86. The maximum absolute atomic E-state index is 12.8. The van der Waals surface area contributed by atoms with E-state index in [1.54, 1.807) is 45.0 Å². The number of nitrogens with one attached hydrogen (secondary N) is 2. The summed E-state index contributed by atoms with van der Waals surface area (Å²) in [5, 5.41) is 4.17. The molecular weight excluding hydrogens is 386 g/mol. The van der Waals surface area contributed by atoms with Crippen molar-refractivity contribution < 1.29 is 9.53 Å². The number of halogens is 1. The minimum atomic E-state index is -0.600. The predicted octanol–water partition coefficient (Wildman–Crippen LogP) is 3.93. The van der Waals surface area contributed by atoms with Crippen molar-refractivity contribution in [3.05, 3.63) is 62.0 Å². The van der Waals surface area contributed by atoms with Gasteiger partial charge in [-0.2, -0.15) is 0 Å². The maximum atomic E-state index is 12.8. The molecule has 27 heavy (non-hydrogen) atoms. The molecular formula is C19H20ClN3O3S. The molecule has 0 fully saturated rings. The lowest BCUT2D eigenvalue weighted by molar-refractivity contribution is -0.143. The number of nitrogens with zero attached hydrogens (tertiary/aromatic N) is 1. The molecule has 3 rings (SSSR count). The van der Waals surface area contributed by atoms with Gasteiger partial charge in [-0.25, -0.2) is 9.78 Å². The van der Waals surface area contributed by atoms with E-state index < -0.39 is 11.9 Å². The van der Waals surface area contributed by atoms with E-state index in [0.717, 1.165) is 5.56 Å². The van der Waals surface area contributed by atoms with Crippen LogP contribution in [0.15, 0.2) is 45.5 Å². The van der Waals surface area contributed by atoms with Crippen LogP contribution in [-0.4, -0.2) is 28.3 Å². The van der Waals surface area contributed by atoms with E-state index in [-0.39, 0.29) is 11.7 Å². The van der Waals surface area contributed by atoms with Crippen molar-refractivity contribution in [1.82, 2.24) is 9.97 Å². The SMILES string of the molecule is CSc1nc2c(c(=O)[nH]1)[C@H](c1ccc(Cl)cc1)C(C(=O)OC(C)C)=C(C)N2. The second kappa shape index (κ2) is 7.78. The van der Waals surface area contributed by atoms with Crippen LogP contribution >= 0.6 is 23.4 Å². The van der Waals surface area contributed by atoms with Gasteiger partial charge in [-0.1, -0.05) is 35.5 Å². The minimum absolute atomic E-state index is 0.277. The summed E-state index contributed by atoms with van der Waals surface area (Å²) in [6.45, 7) is 5.35. The molecule has 0 saturated carbocycles. The smallest absolute Gasteiger partial charge is 0.337 e. The molecule has 1 aromatic carbocycles. The van der Waals surface area contributed by atoms with Gasteiger partial charge in [0.05, 0.1) is 23.2 Å². The van der Waals surface area contributed by atoms with Crippen molar-refractivity contribution >= 4 is 35.1 Å². The number of H-pyrrole nitrogens is 1. The van der Waals surface area contributed by atoms with E-state index in [0.29, 0.717) is 32.8 Å². The molecule has 0 radical (unpaired) electrons. The second-order valence-corrected chi connectivity index (χ2v) is 7.67. The Morgan fingerprint density at radius 2 is 1.96 bits per heavy atom. The summed E-state index contributed by atoms with van der Waals surface area (Å²) in [7, 11) is 0. The standard InChI is InChI=1S/C19H20ClN3O3S/c1-9(2)26-18(25)13-10(3)21-16-15(17(24)23-19(22-16)27-4)14(13)11-5-7-12(20)8-6-11/h5-9,14H,1-4H3,(H2,21,22,23,24)/t14-/m1/s1. The molecule has 0 saturated heterocycles. The molecule has 0 amide bonds. The van der Waals surface area contributed by atoms with Crippen LogP contribution in [0.5, 0.6) is 0 Å². The van der Waals surface area contributed by atoms with Gasteiger partial charge in [0.2, 0.25) is 0 Å². The fraction of sp³-hybridized carbons (Fsp3) is 0.316. The average molecular weight is 406 g/mol. The van der Waals surface area contributed by atoms with Gasteiger partial charge in [0.25, 0.3) is 5.56 Å². The third kappa shape index (κ3) is 3.89. The number of thioether (sulfide) groups is 1. The van der Waals surface area contributed by atoms with Crippen molar-refractivity contribution in [2.24, 2.45) is 0 Å². The van der Waals surface area contributed by atoms with E-state index in [1.165, 1.54) is 11.8 Å². The Labute approximate surface area is 166 Å². The van der Waals surface area contributed by atoms with E-state index in [2.05, 4.69) is 15.3 Å². The van der Waals surface area contributed by atoms with Crippen LogP contribution in [-0.2, 0) is 9.53 Å². The van der Waals surface area contributed by atoms with E-state index in [1.807, 2.05) is 6.26 Å². The molecule has 2 N–H and O–H groups in total. The van der Waals surface area contributed by atoms with E-state index in [4.69, 9.17) is 16.3 Å². The van der Waals surface area contributed by atoms with Crippen molar-refractivity contribution in [1.29, 1.82) is 0 Å². The van der Waals surface area contributed by atoms with Crippen molar-refractivity contribution in [3.63, 3.8) is 0 Å². The fourth-order valence-corrected chi connectivity index (χ4v) is 3.57. The molecule has 0 bridgehead atoms. The number of benzene rings is 1. The normalized spacial score (nSPS) is 16.1. The molecule has 1 atom stereocenters. The number of esters is 1. The van der Waals surface area contributed by atoms with Gasteiger partial charge in [-0.3, -0.25) is 4.79 Å². The molecule has 142 valence electrons. The molecule has 0 aliphatic carbocycles. The van der Waals surface area contributed by atoms with Crippen LogP contribution in [0.3, 0.4) is 0 Å². The average Bonchev–Trinajstić information content (AvgIpc) is 2.60. The zero-order chi connectivity index (χ0) is 19.7. The van der Waals surface area contributed by atoms with E-state index >= 15 is 0 Å². The van der Waals surface area contributed by atoms with Gasteiger partial charge in [-0.15, -0.1) is 0 Å². The minimum Gasteiger partial charge on any atom is -0.460 e. The molecule has 6 nitrogen and oxygen atoms in total. The number of carbonyl (C=O) groups excluding carboxylic acids is 1. The molecule has 0 spiro atoms.